The highest BCUT2D eigenvalue weighted by atomic mass is 16.5. The van der Waals surface area contributed by atoms with Crippen molar-refractivity contribution in [1.82, 2.24) is 10.1 Å². The Labute approximate surface area is 153 Å². The zero-order valence-electron chi connectivity index (χ0n) is 15.9. The second-order valence-electron chi connectivity index (χ2n) is 6.14. The summed E-state index contributed by atoms with van der Waals surface area (Å²) >= 11 is 0. The van der Waals surface area contributed by atoms with Gasteiger partial charge in [0.25, 0.3) is 5.91 Å². The van der Waals surface area contributed by atoms with Gasteiger partial charge >= 0.3 is 0 Å². The number of rotatable bonds is 7. The molecule has 0 aliphatic heterocycles. The van der Waals surface area contributed by atoms with E-state index in [1.54, 1.807) is 24.3 Å². The van der Waals surface area contributed by atoms with Gasteiger partial charge in [-0.15, -0.1) is 0 Å². The molecule has 0 fully saturated rings. The van der Waals surface area contributed by atoms with Crippen molar-refractivity contribution in [2.75, 3.05) is 23.7 Å². The van der Waals surface area contributed by atoms with Crippen molar-refractivity contribution < 1.29 is 14.1 Å². The highest BCUT2D eigenvalue weighted by Gasteiger charge is 2.19. The Bertz CT molecular complexity index is 764. The lowest BCUT2D eigenvalue weighted by molar-refractivity contribution is -0.120. The lowest BCUT2D eigenvalue weighted by Crippen LogP contribution is -2.41. The first kappa shape index (κ1) is 19.7. The number of carbonyl (C=O) groups excluding carboxylic acids is 2. The fourth-order valence-corrected chi connectivity index (χ4v) is 2.60. The number of likely N-dealkylation sites (N-methyl/N-ethyl adjacent to an activating group) is 1. The fourth-order valence-electron chi connectivity index (χ4n) is 2.60. The molecule has 7 nitrogen and oxygen atoms in total. The normalized spacial score (nSPS) is 12.1. The zero-order chi connectivity index (χ0) is 19.3. The van der Waals surface area contributed by atoms with Gasteiger partial charge in [-0.2, -0.15) is 0 Å². The van der Waals surface area contributed by atoms with Crippen LogP contribution in [0.1, 0.15) is 42.4 Å². The number of carbonyl (C=O) groups is 2. The number of aryl methyl sites for hydroxylation is 1. The van der Waals surface area contributed by atoms with Gasteiger partial charge in [0, 0.05) is 16.8 Å². The number of nitrogens with zero attached hydrogens (tertiary/aromatic N) is 2. The molecule has 2 aromatic rings. The van der Waals surface area contributed by atoms with Gasteiger partial charge in [0.05, 0.1) is 11.7 Å². The molecular weight excluding hydrogens is 332 g/mol. The molecular formula is C19H26N4O3. The van der Waals surface area contributed by atoms with E-state index in [2.05, 4.69) is 20.7 Å². The van der Waals surface area contributed by atoms with Crippen LogP contribution < -0.4 is 10.6 Å². The standard InChI is InChI=1S/C19H26N4O3/c1-6-23(7-2)14(5)17(24)20-16-10-8-15(9-11-16)18(25)21-19-12(3)13(4)22-26-19/h8-11,14H,6-7H2,1-5H3,(H,20,24)(H,21,25). The van der Waals surface area contributed by atoms with Crippen molar-refractivity contribution in [3.05, 3.63) is 41.1 Å². The zero-order valence-corrected chi connectivity index (χ0v) is 15.9. The number of nitrogens with one attached hydrogen (secondary N) is 2. The smallest absolute Gasteiger partial charge is 0.258 e. The van der Waals surface area contributed by atoms with Gasteiger partial charge < -0.3 is 9.84 Å². The molecule has 0 radical (unpaired) electrons. The summed E-state index contributed by atoms with van der Waals surface area (Å²) in [6.45, 7) is 11.2. The third-order valence-electron chi connectivity index (χ3n) is 4.54. The average Bonchev–Trinajstić information content (AvgIpc) is 2.95. The summed E-state index contributed by atoms with van der Waals surface area (Å²) in [6.07, 6.45) is 0. The molecule has 2 rings (SSSR count). The van der Waals surface area contributed by atoms with Crippen LogP contribution in [0.25, 0.3) is 0 Å². The van der Waals surface area contributed by atoms with E-state index in [1.165, 1.54) is 0 Å². The number of hydrogen-bond donors (Lipinski definition) is 2. The molecule has 1 heterocycles. The lowest BCUT2D eigenvalue weighted by atomic mass is 10.1. The number of amides is 2. The maximum atomic E-state index is 12.3. The molecule has 2 N–H and O–H groups in total. The van der Waals surface area contributed by atoms with E-state index in [1.807, 2.05) is 34.6 Å². The maximum Gasteiger partial charge on any atom is 0.258 e. The van der Waals surface area contributed by atoms with E-state index in [0.29, 0.717) is 17.1 Å². The molecule has 26 heavy (non-hydrogen) atoms. The molecule has 0 aliphatic rings. The van der Waals surface area contributed by atoms with Crippen LogP contribution in [0, 0.1) is 13.8 Å². The van der Waals surface area contributed by atoms with Crippen molar-refractivity contribution in [2.24, 2.45) is 0 Å². The molecule has 1 atom stereocenters. The van der Waals surface area contributed by atoms with Gasteiger partial charge in [0.15, 0.2) is 0 Å². The molecule has 0 saturated carbocycles. The Morgan fingerprint density at radius 2 is 1.73 bits per heavy atom. The minimum atomic E-state index is -0.293. The Morgan fingerprint density at radius 3 is 2.23 bits per heavy atom. The molecule has 0 spiro atoms. The third-order valence-corrected chi connectivity index (χ3v) is 4.54. The summed E-state index contributed by atoms with van der Waals surface area (Å²) in [5.41, 5.74) is 2.65. The Morgan fingerprint density at radius 1 is 1.12 bits per heavy atom. The monoisotopic (exact) mass is 358 g/mol. The first-order chi connectivity index (χ1) is 12.4. The molecule has 1 aromatic heterocycles. The van der Waals surface area contributed by atoms with Crippen LogP contribution in [0.4, 0.5) is 11.6 Å². The summed E-state index contributed by atoms with van der Waals surface area (Å²) in [4.78, 5) is 26.7. The Balaban J connectivity index is 2.00. The van der Waals surface area contributed by atoms with Crippen LogP contribution in [0.15, 0.2) is 28.8 Å². The van der Waals surface area contributed by atoms with Gasteiger partial charge in [0.2, 0.25) is 11.8 Å². The molecule has 1 aromatic carbocycles. The number of benzene rings is 1. The molecule has 0 aliphatic carbocycles. The van der Waals surface area contributed by atoms with Gasteiger partial charge in [-0.3, -0.25) is 19.8 Å². The van der Waals surface area contributed by atoms with E-state index in [4.69, 9.17) is 4.52 Å². The maximum absolute atomic E-state index is 12.3. The largest absolute Gasteiger partial charge is 0.338 e. The van der Waals surface area contributed by atoms with Crippen LogP contribution in [0.2, 0.25) is 0 Å². The van der Waals surface area contributed by atoms with Crippen LogP contribution in [-0.2, 0) is 4.79 Å². The van der Waals surface area contributed by atoms with Crippen LogP contribution >= 0.6 is 0 Å². The number of hydrogen-bond acceptors (Lipinski definition) is 5. The topological polar surface area (TPSA) is 87.5 Å². The van der Waals surface area contributed by atoms with Gasteiger partial charge in [-0.25, -0.2) is 0 Å². The summed E-state index contributed by atoms with van der Waals surface area (Å²) in [5.74, 6) is -0.0183. The summed E-state index contributed by atoms with van der Waals surface area (Å²) in [7, 11) is 0. The second kappa shape index (κ2) is 8.62. The molecule has 7 heteroatoms. The van der Waals surface area contributed by atoms with E-state index in [0.717, 1.165) is 24.3 Å². The highest BCUT2D eigenvalue weighted by molar-refractivity contribution is 6.04. The molecule has 140 valence electrons. The summed E-state index contributed by atoms with van der Waals surface area (Å²) in [5, 5.41) is 9.39. The van der Waals surface area contributed by atoms with Crippen molar-refractivity contribution in [3.63, 3.8) is 0 Å². The first-order valence-electron chi connectivity index (χ1n) is 8.76. The predicted octanol–water partition coefficient (Wildman–Crippen LogP) is 3.21. The quantitative estimate of drug-likeness (QED) is 0.793. The Hall–Kier alpha value is -2.67. The van der Waals surface area contributed by atoms with Crippen molar-refractivity contribution >= 4 is 23.4 Å². The minimum absolute atomic E-state index is 0.0707. The van der Waals surface area contributed by atoms with Crippen molar-refractivity contribution in [3.8, 4) is 0 Å². The van der Waals surface area contributed by atoms with E-state index >= 15 is 0 Å². The third kappa shape index (κ3) is 4.49. The van der Waals surface area contributed by atoms with E-state index in [9.17, 15) is 9.59 Å². The van der Waals surface area contributed by atoms with Crippen LogP contribution in [0.5, 0.6) is 0 Å². The van der Waals surface area contributed by atoms with Gasteiger partial charge in [-0.1, -0.05) is 19.0 Å². The first-order valence-corrected chi connectivity index (χ1v) is 8.76. The Kier molecular flexibility index (Phi) is 6.52. The van der Waals surface area contributed by atoms with Crippen molar-refractivity contribution in [2.45, 2.75) is 40.7 Å². The predicted molar refractivity (Wildman–Crippen MR) is 101 cm³/mol. The molecule has 2 amide bonds. The minimum Gasteiger partial charge on any atom is -0.338 e. The van der Waals surface area contributed by atoms with E-state index in [-0.39, 0.29) is 17.9 Å². The van der Waals surface area contributed by atoms with Crippen LogP contribution in [-0.4, -0.2) is 41.0 Å². The highest BCUT2D eigenvalue weighted by Crippen LogP contribution is 2.19. The number of aromatic nitrogens is 1. The fraction of sp³-hybridized carbons (Fsp3) is 0.421. The second-order valence-corrected chi connectivity index (χ2v) is 6.14. The lowest BCUT2D eigenvalue weighted by Gasteiger charge is -2.25. The van der Waals surface area contributed by atoms with Gasteiger partial charge in [0.1, 0.15) is 0 Å². The molecule has 0 bridgehead atoms. The van der Waals surface area contributed by atoms with Gasteiger partial charge in [-0.05, 0) is 58.1 Å². The molecule has 1 unspecified atom stereocenters. The van der Waals surface area contributed by atoms with Crippen LogP contribution in [0.3, 0.4) is 0 Å². The summed E-state index contributed by atoms with van der Waals surface area (Å²) in [6, 6.07) is 6.52. The SMILES string of the molecule is CCN(CC)C(C)C(=O)Nc1ccc(C(=O)Nc2onc(C)c2C)cc1. The summed E-state index contributed by atoms with van der Waals surface area (Å²) < 4.78 is 5.09. The van der Waals surface area contributed by atoms with E-state index < -0.39 is 0 Å². The average molecular weight is 358 g/mol. The van der Waals surface area contributed by atoms with Crippen molar-refractivity contribution in [1.29, 1.82) is 0 Å². The number of anilines is 2. The molecule has 0 saturated heterocycles.